The minimum atomic E-state index is -1.15. The lowest BCUT2D eigenvalue weighted by Gasteiger charge is -2.24. The number of imidazole rings is 1. The van der Waals surface area contributed by atoms with Gasteiger partial charge in [0.05, 0.1) is 27.8 Å². The summed E-state index contributed by atoms with van der Waals surface area (Å²) >= 11 is 12.3. The van der Waals surface area contributed by atoms with Crippen molar-refractivity contribution in [1.82, 2.24) is 19.7 Å². The van der Waals surface area contributed by atoms with E-state index in [1.54, 1.807) is 0 Å². The molecule has 1 aliphatic rings. The number of carbonyl (C=O) groups is 1. The lowest BCUT2D eigenvalue weighted by Crippen LogP contribution is -2.16. The van der Waals surface area contributed by atoms with Gasteiger partial charge < -0.3 is 15.3 Å². The Morgan fingerprint density at radius 2 is 1.86 bits per heavy atom. The molecule has 5 rings (SSSR count). The summed E-state index contributed by atoms with van der Waals surface area (Å²) in [6.45, 7) is 0. The summed E-state index contributed by atoms with van der Waals surface area (Å²) in [5, 5.41) is 16.9. The van der Waals surface area contributed by atoms with E-state index < -0.39 is 24.0 Å². The second-order valence-corrected chi connectivity index (χ2v) is 9.67. The first kappa shape index (κ1) is 25.2. The summed E-state index contributed by atoms with van der Waals surface area (Å²) < 4.78 is 37.0. The molecule has 0 atom stereocenters. The fourth-order valence-electron chi connectivity index (χ4n) is 4.81. The molecule has 4 aromatic rings. The lowest BCUT2D eigenvalue weighted by molar-refractivity contribution is -0.136. The molecule has 3 N–H and O–H groups in total. The number of hydrogen-bond acceptors (Lipinski definition) is 6. The van der Waals surface area contributed by atoms with Crippen molar-refractivity contribution in [2.75, 3.05) is 5.73 Å². The Balaban J connectivity index is 1.91. The second kappa shape index (κ2) is 10.1. The number of anilines is 1. The number of carboxylic acids is 1. The van der Waals surface area contributed by atoms with Crippen LogP contribution in [0.4, 0.5) is 14.8 Å². The number of nitrogens with zero attached hydrogens (tertiary/aromatic N) is 4. The molecule has 0 bridgehead atoms. The van der Waals surface area contributed by atoms with Gasteiger partial charge in [0, 0.05) is 11.5 Å². The first-order valence-corrected chi connectivity index (χ1v) is 12.4. The number of aliphatic carboxylic acids is 1. The van der Waals surface area contributed by atoms with Crippen molar-refractivity contribution in [3.8, 4) is 28.5 Å². The molecule has 2 aromatic heterocycles. The van der Waals surface area contributed by atoms with E-state index >= 15 is 4.39 Å². The topological polar surface area (TPSA) is 120 Å². The molecule has 0 radical (unpaired) electrons. The Kier molecular flexibility index (Phi) is 6.87. The third-order valence-corrected chi connectivity index (χ3v) is 7.01. The standard InChI is InChI=1S/C25H21Cl2F2N5O3/c26-15-8-6-14(11-18(35)36)21(19(15)29)34-22(13-7-9-17(28)16(27)10-13)20(24-32-33-25(30)37-24)31-23(34)12-4-2-1-3-5-12/h6-10,12H,1-5,11H2,(H2,30,33)(H,35,36). The molecule has 0 saturated heterocycles. The lowest BCUT2D eigenvalue weighted by atomic mass is 9.88. The largest absolute Gasteiger partial charge is 0.481 e. The third kappa shape index (κ3) is 4.78. The molecule has 12 heteroatoms. The molecule has 0 aliphatic heterocycles. The van der Waals surface area contributed by atoms with Gasteiger partial charge in [-0.1, -0.05) is 53.6 Å². The second-order valence-electron chi connectivity index (χ2n) is 8.85. The Labute approximate surface area is 220 Å². The van der Waals surface area contributed by atoms with Crippen molar-refractivity contribution in [2.24, 2.45) is 0 Å². The van der Waals surface area contributed by atoms with Crippen LogP contribution in [0.5, 0.6) is 0 Å². The summed E-state index contributed by atoms with van der Waals surface area (Å²) in [6.07, 6.45) is 4.03. The molecule has 2 heterocycles. The molecular formula is C25H21Cl2F2N5O3. The van der Waals surface area contributed by atoms with Crippen LogP contribution in [0.2, 0.25) is 10.0 Å². The Morgan fingerprint density at radius 3 is 2.51 bits per heavy atom. The minimum Gasteiger partial charge on any atom is -0.481 e. The van der Waals surface area contributed by atoms with Gasteiger partial charge in [0.1, 0.15) is 11.6 Å². The van der Waals surface area contributed by atoms with Gasteiger partial charge in [0.2, 0.25) is 0 Å². The monoisotopic (exact) mass is 547 g/mol. The Morgan fingerprint density at radius 1 is 1.11 bits per heavy atom. The van der Waals surface area contributed by atoms with Crippen LogP contribution in [-0.4, -0.2) is 30.8 Å². The highest BCUT2D eigenvalue weighted by Gasteiger charge is 2.32. The van der Waals surface area contributed by atoms with Gasteiger partial charge in [0.15, 0.2) is 11.5 Å². The molecule has 1 fully saturated rings. The van der Waals surface area contributed by atoms with Gasteiger partial charge in [-0.3, -0.25) is 9.36 Å². The molecule has 192 valence electrons. The van der Waals surface area contributed by atoms with Crippen molar-refractivity contribution in [1.29, 1.82) is 0 Å². The summed E-state index contributed by atoms with van der Waals surface area (Å²) in [6, 6.07) is 6.58. The third-order valence-electron chi connectivity index (χ3n) is 6.43. The number of hydrogen-bond donors (Lipinski definition) is 2. The quantitative estimate of drug-likeness (QED) is 0.285. The first-order chi connectivity index (χ1) is 17.7. The predicted molar refractivity (Wildman–Crippen MR) is 134 cm³/mol. The predicted octanol–water partition coefficient (Wildman–Crippen LogP) is 6.43. The molecule has 1 aliphatic carbocycles. The Hall–Kier alpha value is -3.50. The number of halogens is 4. The van der Waals surface area contributed by atoms with Crippen molar-refractivity contribution in [3.05, 3.63) is 63.4 Å². The van der Waals surface area contributed by atoms with Gasteiger partial charge in [-0.2, -0.15) is 0 Å². The minimum absolute atomic E-state index is 0.0361. The SMILES string of the molecule is Nc1nnc(-c2nc(C3CCCCC3)n(-c3c(CC(=O)O)ccc(Cl)c3F)c2-c2ccc(F)c(Cl)c2)o1. The highest BCUT2D eigenvalue weighted by atomic mass is 35.5. The van der Waals surface area contributed by atoms with Gasteiger partial charge in [-0.05, 0) is 42.7 Å². The highest BCUT2D eigenvalue weighted by Crippen LogP contribution is 2.43. The Bertz CT molecular complexity index is 1500. The molecule has 0 amide bonds. The number of benzene rings is 2. The zero-order valence-corrected chi connectivity index (χ0v) is 20.9. The van der Waals surface area contributed by atoms with E-state index in [-0.39, 0.29) is 50.5 Å². The average molecular weight is 548 g/mol. The van der Waals surface area contributed by atoms with E-state index in [1.807, 2.05) is 0 Å². The number of nitrogen functional groups attached to an aromatic ring is 1. The molecule has 8 nitrogen and oxygen atoms in total. The maximum Gasteiger partial charge on any atom is 0.313 e. The molecule has 1 saturated carbocycles. The first-order valence-electron chi connectivity index (χ1n) is 11.6. The zero-order valence-electron chi connectivity index (χ0n) is 19.3. The van der Waals surface area contributed by atoms with E-state index in [2.05, 4.69) is 10.2 Å². The maximum absolute atomic E-state index is 15.9. The van der Waals surface area contributed by atoms with Crippen LogP contribution in [0.3, 0.4) is 0 Å². The van der Waals surface area contributed by atoms with Crippen LogP contribution in [0, 0.1) is 11.6 Å². The summed E-state index contributed by atoms with van der Waals surface area (Å²) in [7, 11) is 0. The van der Waals surface area contributed by atoms with Crippen LogP contribution in [-0.2, 0) is 11.2 Å². The van der Waals surface area contributed by atoms with E-state index in [9.17, 15) is 14.3 Å². The molecular weight excluding hydrogens is 527 g/mol. The van der Waals surface area contributed by atoms with Gasteiger partial charge in [-0.15, -0.1) is 5.10 Å². The van der Waals surface area contributed by atoms with Crippen LogP contribution < -0.4 is 5.73 Å². The molecule has 0 spiro atoms. The average Bonchev–Trinajstić information content (AvgIpc) is 3.47. The zero-order chi connectivity index (χ0) is 26.3. The molecule has 0 unspecified atom stereocenters. The molecule has 37 heavy (non-hydrogen) atoms. The number of rotatable bonds is 6. The van der Waals surface area contributed by atoms with E-state index in [1.165, 1.54) is 34.9 Å². The summed E-state index contributed by atoms with van der Waals surface area (Å²) in [5.41, 5.74) is 6.59. The smallest absolute Gasteiger partial charge is 0.313 e. The van der Waals surface area contributed by atoms with Crippen LogP contribution in [0.1, 0.15) is 49.4 Å². The van der Waals surface area contributed by atoms with Crippen molar-refractivity contribution in [3.63, 3.8) is 0 Å². The van der Waals surface area contributed by atoms with E-state index in [0.29, 0.717) is 11.4 Å². The maximum atomic E-state index is 15.9. The number of nitrogens with two attached hydrogens (primary N) is 1. The van der Waals surface area contributed by atoms with Crippen molar-refractivity contribution >= 4 is 35.2 Å². The fourth-order valence-corrected chi connectivity index (χ4v) is 5.15. The molecule has 2 aromatic carbocycles. The van der Waals surface area contributed by atoms with Crippen LogP contribution >= 0.6 is 23.2 Å². The normalized spacial score (nSPS) is 14.3. The van der Waals surface area contributed by atoms with Crippen LogP contribution in [0.15, 0.2) is 34.7 Å². The summed E-state index contributed by atoms with van der Waals surface area (Å²) in [4.78, 5) is 16.5. The number of carboxylic acid groups (broad SMARTS) is 1. The van der Waals surface area contributed by atoms with Gasteiger partial charge in [-0.25, -0.2) is 13.8 Å². The van der Waals surface area contributed by atoms with E-state index in [4.69, 9.17) is 38.3 Å². The van der Waals surface area contributed by atoms with E-state index in [0.717, 1.165) is 32.1 Å². The van der Waals surface area contributed by atoms with Gasteiger partial charge in [0.25, 0.3) is 5.89 Å². The van der Waals surface area contributed by atoms with Crippen LogP contribution in [0.25, 0.3) is 28.5 Å². The van der Waals surface area contributed by atoms with Crippen molar-refractivity contribution in [2.45, 2.75) is 44.4 Å². The summed E-state index contributed by atoms with van der Waals surface area (Å²) in [5.74, 6) is -2.28. The van der Waals surface area contributed by atoms with Crippen molar-refractivity contribution < 1.29 is 23.1 Å². The van der Waals surface area contributed by atoms with Gasteiger partial charge >= 0.3 is 12.0 Å². The highest BCUT2D eigenvalue weighted by molar-refractivity contribution is 6.31. The number of aromatic nitrogens is 4. The fraction of sp³-hybridized carbons (Fsp3) is 0.280.